The van der Waals surface area contributed by atoms with E-state index in [0.29, 0.717) is 0 Å². The molecule has 0 aromatic carbocycles. The van der Waals surface area contributed by atoms with Gasteiger partial charge >= 0.3 is 6.16 Å². The third-order valence-electron chi connectivity index (χ3n) is 2.83. The lowest BCUT2D eigenvalue weighted by atomic mass is 9.99. The lowest BCUT2D eigenvalue weighted by Gasteiger charge is -2.33. The van der Waals surface area contributed by atoms with Crippen LogP contribution in [-0.2, 0) is 14.3 Å². The van der Waals surface area contributed by atoms with Crippen molar-refractivity contribution in [2.24, 2.45) is 5.92 Å². The van der Waals surface area contributed by atoms with Crippen LogP contribution in [0.25, 0.3) is 0 Å². The van der Waals surface area contributed by atoms with Crippen LogP contribution in [0.1, 0.15) is 34.6 Å². The summed E-state index contributed by atoms with van der Waals surface area (Å²) in [7, 11) is 1.56. The molecule has 0 saturated heterocycles. The highest BCUT2D eigenvalue weighted by atomic mass is 16.7. The maximum Gasteiger partial charge on any atom is 0.505 e. The summed E-state index contributed by atoms with van der Waals surface area (Å²) in [6, 6.07) is -0.614. The molecule has 0 aliphatic heterocycles. The minimum Gasteiger partial charge on any atom is -0.450 e. The van der Waals surface area contributed by atoms with Crippen LogP contribution in [0, 0.1) is 5.92 Å². The van der Waals surface area contributed by atoms with Gasteiger partial charge in [0, 0.05) is 14.0 Å². The van der Waals surface area contributed by atoms with Crippen molar-refractivity contribution < 1.29 is 24.2 Å². The Morgan fingerprint density at radius 2 is 1.80 bits per heavy atom. The molecule has 7 heteroatoms. The van der Waals surface area contributed by atoms with E-state index >= 15 is 0 Å². The number of amides is 2. The Labute approximate surface area is 119 Å². The van der Waals surface area contributed by atoms with Crippen LogP contribution in [0.4, 0.5) is 4.79 Å². The van der Waals surface area contributed by atoms with Gasteiger partial charge in [-0.3, -0.25) is 9.59 Å². The smallest absolute Gasteiger partial charge is 0.450 e. The Morgan fingerprint density at radius 1 is 1.30 bits per heavy atom. The van der Waals surface area contributed by atoms with E-state index in [1.54, 1.807) is 20.9 Å². The van der Waals surface area contributed by atoms with Crippen LogP contribution in [-0.4, -0.2) is 53.2 Å². The van der Waals surface area contributed by atoms with Crippen LogP contribution >= 0.6 is 0 Å². The lowest BCUT2D eigenvalue weighted by Crippen LogP contribution is -2.56. The van der Waals surface area contributed by atoms with E-state index in [-0.39, 0.29) is 24.3 Å². The van der Waals surface area contributed by atoms with E-state index in [1.807, 2.05) is 13.8 Å². The Morgan fingerprint density at radius 3 is 2.15 bits per heavy atom. The number of nitrogens with zero attached hydrogens (tertiary/aromatic N) is 1. The number of carboxylic acid groups (broad SMARTS) is 1. The van der Waals surface area contributed by atoms with Gasteiger partial charge in [-0.2, -0.15) is 0 Å². The first-order valence-electron chi connectivity index (χ1n) is 6.39. The van der Waals surface area contributed by atoms with Crippen molar-refractivity contribution >= 4 is 18.0 Å². The molecule has 0 bridgehead atoms. The van der Waals surface area contributed by atoms with Gasteiger partial charge in [-0.05, 0) is 19.8 Å². The summed E-state index contributed by atoms with van der Waals surface area (Å²) < 4.78 is 4.48. The fraction of sp³-hybridized carbons (Fsp3) is 0.769. The maximum atomic E-state index is 12.3. The first kappa shape index (κ1) is 18.2. The number of hydrogen-bond acceptors (Lipinski definition) is 4. The molecular formula is C13H24N2O5. The Hall–Kier alpha value is -1.79. The number of rotatable bonds is 6. The minimum atomic E-state index is -1.39. The average Bonchev–Trinajstić information content (AvgIpc) is 2.25. The monoisotopic (exact) mass is 288 g/mol. The predicted octanol–water partition coefficient (Wildman–Crippen LogP) is 1.08. The summed E-state index contributed by atoms with van der Waals surface area (Å²) in [5, 5.41) is 11.2. The second kappa shape index (κ2) is 7.12. The normalized spacial score (nSPS) is 12.8. The molecular weight excluding hydrogens is 264 g/mol. The number of hydrogen-bond donors (Lipinski definition) is 2. The van der Waals surface area contributed by atoms with Crippen molar-refractivity contribution in [3.63, 3.8) is 0 Å². The highest BCUT2D eigenvalue weighted by Crippen LogP contribution is 2.12. The summed E-state index contributed by atoms with van der Waals surface area (Å²) >= 11 is 0. The Bertz CT molecular complexity index is 379. The molecule has 7 nitrogen and oxygen atoms in total. The van der Waals surface area contributed by atoms with E-state index in [0.717, 1.165) is 0 Å². The first-order valence-corrected chi connectivity index (χ1v) is 6.39. The van der Waals surface area contributed by atoms with Crippen LogP contribution in [0.3, 0.4) is 0 Å². The van der Waals surface area contributed by atoms with Gasteiger partial charge in [0.1, 0.15) is 12.6 Å². The van der Waals surface area contributed by atoms with Gasteiger partial charge in [0.25, 0.3) is 0 Å². The third kappa shape index (κ3) is 5.90. The van der Waals surface area contributed by atoms with E-state index in [2.05, 4.69) is 10.1 Å². The highest BCUT2D eigenvalue weighted by Gasteiger charge is 2.32. The van der Waals surface area contributed by atoms with Crippen molar-refractivity contribution in [3.8, 4) is 0 Å². The third-order valence-corrected chi connectivity index (χ3v) is 2.83. The molecule has 1 unspecified atom stereocenters. The zero-order valence-electron chi connectivity index (χ0n) is 12.9. The molecule has 0 aromatic rings. The molecule has 2 N–H and O–H groups in total. The standard InChI is InChI=1S/C13H24N2O5/c1-8(2)10(15(6)9(3)16)11(17)14-13(4,5)7-20-12(18)19/h8,10H,7H2,1-6H3,(H,14,17)(H,18,19). The molecule has 0 aliphatic rings. The summed E-state index contributed by atoms with van der Waals surface area (Å²) in [4.78, 5) is 35.5. The molecule has 0 rings (SSSR count). The number of carbonyl (C=O) groups excluding carboxylic acids is 2. The number of ether oxygens (including phenoxy) is 1. The summed E-state index contributed by atoms with van der Waals surface area (Å²) in [5.41, 5.74) is -0.847. The summed E-state index contributed by atoms with van der Waals surface area (Å²) in [5.74, 6) is -0.616. The quantitative estimate of drug-likeness (QED) is 0.713. The van der Waals surface area contributed by atoms with Gasteiger partial charge in [0.15, 0.2) is 0 Å². The number of carbonyl (C=O) groups is 3. The van der Waals surface area contributed by atoms with E-state index in [4.69, 9.17) is 5.11 Å². The fourth-order valence-corrected chi connectivity index (χ4v) is 1.81. The van der Waals surface area contributed by atoms with Crippen LogP contribution in [0.2, 0.25) is 0 Å². The topological polar surface area (TPSA) is 95.9 Å². The van der Waals surface area contributed by atoms with Crippen molar-refractivity contribution in [2.75, 3.05) is 13.7 Å². The van der Waals surface area contributed by atoms with Gasteiger partial charge in [0.2, 0.25) is 11.8 Å². The maximum absolute atomic E-state index is 12.3. The largest absolute Gasteiger partial charge is 0.505 e. The zero-order chi connectivity index (χ0) is 16.1. The first-order chi connectivity index (χ1) is 8.98. The molecule has 116 valence electrons. The van der Waals surface area contributed by atoms with Crippen LogP contribution in [0.15, 0.2) is 0 Å². The van der Waals surface area contributed by atoms with Crippen LogP contribution in [0.5, 0.6) is 0 Å². The van der Waals surface area contributed by atoms with Gasteiger partial charge in [-0.25, -0.2) is 4.79 Å². The lowest BCUT2D eigenvalue weighted by molar-refractivity contribution is -0.140. The van der Waals surface area contributed by atoms with Crippen LogP contribution < -0.4 is 5.32 Å². The molecule has 2 amide bonds. The molecule has 0 aromatic heterocycles. The molecule has 0 fully saturated rings. The molecule has 0 saturated carbocycles. The van der Waals surface area contributed by atoms with E-state index < -0.39 is 17.7 Å². The Balaban J connectivity index is 4.84. The van der Waals surface area contributed by atoms with Crippen molar-refractivity contribution in [1.29, 1.82) is 0 Å². The van der Waals surface area contributed by atoms with Gasteiger partial charge in [-0.15, -0.1) is 0 Å². The molecule has 20 heavy (non-hydrogen) atoms. The van der Waals surface area contributed by atoms with Gasteiger partial charge < -0.3 is 20.1 Å². The van der Waals surface area contributed by atoms with E-state index in [9.17, 15) is 14.4 Å². The fourth-order valence-electron chi connectivity index (χ4n) is 1.81. The molecule has 0 heterocycles. The van der Waals surface area contributed by atoms with Crippen molar-refractivity contribution in [3.05, 3.63) is 0 Å². The van der Waals surface area contributed by atoms with Crippen molar-refractivity contribution in [1.82, 2.24) is 10.2 Å². The average molecular weight is 288 g/mol. The Kier molecular flexibility index (Phi) is 6.48. The van der Waals surface area contributed by atoms with Gasteiger partial charge in [-0.1, -0.05) is 13.8 Å². The predicted molar refractivity (Wildman–Crippen MR) is 73.3 cm³/mol. The second-order valence-electron chi connectivity index (χ2n) is 5.75. The molecule has 1 atom stereocenters. The van der Waals surface area contributed by atoms with E-state index in [1.165, 1.54) is 11.8 Å². The minimum absolute atomic E-state index is 0.0694. The molecule has 0 aliphatic carbocycles. The molecule has 0 spiro atoms. The number of likely N-dealkylation sites (N-methyl/N-ethyl adjacent to an activating group) is 1. The highest BCUT2D eigenvalue weighted by molar-refractivity contribution is 5.87. The summed E-state index contributed by atoms with van der Waals surface area (Å²) in [6.45, 7) is 8.21. The zero-order valence-corrected chi connectivity index (χ0v) is 12.9. The molecule has 0 radical (unpaired) electrons. The van der Waals surface area contributed by atoms with Crippen molar-refractivity contribution in [2.45, 2.75) is 46.2 Å². The number of nitrogens with one attached hydrogen (secondary N) is 1. The summed E-state index contributed by atoms with van der Waals surface area (Å²) in [6.07, 6.45) is -1.39. The SMILES string of the molecule is CC(=O)N(C)C(C(=O)NC(C)(C)COC(=O)O)C(C)C. The second-order valence-corrected chi connectivity index (χ2v) is 5.75. The van der Waals surface area contributed by atoms with Gasteiger partial charge in [0.05, 0.1) is 5.54 Å².